The van der Waals surface area contributed by atoms with Crippen molar-refractivity contribution in [3.63, 3.8) is 0 Å². The predicted octanol–water partition coefficient (Wildman–Crippen LogP) is 4.26. The van der Waals surface area contributed by atoms with Gasteiger partial charge in [-0.15, -0.1) is 0 Å². The normalized spacial score (nSPS) is 12.7. The standard InChI is InChI=1S/C17H28N2O2/c1-7-13(2)18-15-11-9-8-10-14(15)12-19(6)16(20)21-17(3,4)5/h8-11,13,18H,7,12H2,1-6H3. The van der Waals surface area contributed by atoms with E-state index in [9.17, 15) is 4.79 Å². The lowest BCUT2D eigenvalue weighted by atomic mass is 10.1. The molecule has 0 bridgehead atoms. The molecule has 1 aromatic rings. The van der Waals surface area contributed by atoms with Crippen LogP contribution in [0.3, 0.4) is 0 Å². The minimum Gasteiger partial charge on any atom is -0.444 e. The van der Waals surface area contributed by atoms with Crippen molar-refractivity contribution in [3.8, 4) is 0 Å². The molecule has 0 aliphatic heterocycles. The molecule has 1 unspecified atom stereocenters. The molecule has 0 saturated heterocycles. The number of anilines is 1. The quantitative estimate of drug-likeness (QED) is 0.881. The molecule has 0 radical (unpaired) electrons. The Morgan fingerprint density at radius 1 is 1.33 bits per heavy atom. The topological polar surface area (TPSA) is 41.6 Å². The van der Waals surface area contributed by atoms with Gasteiger partial charge < -0.3 is 15.0 Å². The van der Waals surface area contributed by atoms with Crippen molar-refractivity contribution >= 4 is 11.8 Å². The number of carbonyl (C=O) groups is 1. The van der Waals surface area contributed by atoms with Gasteiger partial charge in [0.25, 0.3) is 0 Å². The van der Waals surface area contributed by atoms with Crippen LogP contribution < -0.4 is 5.32 Å². The Balaban J connectivity index is 2.76. The number of para-hydroxylation sites is 1. The van der Waals surface area contributed by atoms with E-state index in [4.69, 9.17) is 4.74 Å². The number of ether oxygens (including phenoxy) is 1. The predicted molar refractivity (Wildman–Crippen MR) is 87.5 cm³/mol. The minimum absolute atomic E-state index is 0.305. The first-order chi connectivity index (χ1) is 9.73. The van der Waals surface area contributed by atoms with Crippen LogP contribution in [0.15, 0.2) is 24.3 Å². The van der Waals surface area contributed by atoms with Gasteiger partial charge in [0.05, 0.1) is 6.54 Å². The molecule has 0 aliphatic rings. The van der Waals surface area contributed by atoms with Gasteiger partial charge in [-0.25, -0.2) is 4.79 Å². The van der Waals surface area contributed by atoms with Gasteiger partial charge in [0.2, 0.25) is 0 Å². The fraction of sp³-hybridized carbons (Fsp3) is 0.588. The lowest BCUT2D eigenvalue weighted by Crippen LogP contribution is -2.34. The molecule has 1 atom stereocenters. The van der Waals surface area contributed by atoms with E-state index in [2.05, 4.69) is 19.2 Å². The van der Waals surface area contributed by atoms with Crippen LogP contribution in [-0.2, 0) is 11.3 Å². The molecular weight excluding hydrogens is 264 g/mol. The van der Waals surface area contributed by atoms with Gasteiger partial charge in [-0.05, 0) is 45.7 Å². The Hall–Kier alpha value is -1.71. The summed E-state index contributed by atoms with van der Waals surface area (Å²) < 4.78 is 5.38. The van der Waals surface area contributed by atoms with Gasteiger partial charge in [-0.3, -0.25) is 0 Å². The molecule has 0 heterocycles. The summed E-state index contributed by atoms with van der Waals surface area (Å²) in [6, 6.07) is 8.47. The minimum atomic E-state index is -0.472. The number of nitrogens with zero attached hydrogens (tertiary/aromatic N) is 1. The van der Waals surface area contributed by atoms with E-state index in [0.717, 1.165) is 17.7 Å². The van der Waals surface area contributed by atoms with Crippen LogP contribution in [0.4, 0.5) is 10.5 Å². The Labute approximate surface area is 128 Å². The van der Waals surface area contributed by atoms with Crippen molar-refractivity contribution in [2.75, 3.05) is 12.4 Å². The molecule has 0 aliphatic carbocycles. The lowest BCUT2D eigenvalue weighted by Gasteiger charge is -2.25. The molecule has 0 spiro atoms. The second kappa shape index (κ2) is 7.34. The maximum atomic E-state index is 12.0. The Kier molecular flexibility index (Phi) is 6.06. The van der Waals surface area contributed by atoms with Gasteiger partial charge >= 0.3 is 6.09 Å². The molecule has 1 aromatic carbocycles. The van der Waals surface area contributed by atoms with E-state index in [1.165, 1.54) is 0 Å². The monoisotopic (exact) mass is 292 g/mol. The zero-order valence-electron chi connectivity index (χ0n) is 14.1. The average Bonchev–Trinajstić information content (AvgIpc) is 2.38. The van der Waals surface area contributed by atoms with Gasteiger partial charge in [-0.1, -0.05) is 25.1 Å². The van der Waals surface area contributed by atoms with Crippen LogP contribution >= 0.6 is 0 Å². The summed E-state index contributed by atoms with van der Waals surface area (Å²) in [5.74, 6) is 0. The first-order valence-corrected chi connectivity index (χ1v) is 7.51. The van der Waals surface area contributed by atoms with Crippen LogP contribution in [-0.4, -0.2) is 29.7 Å². The van der Waals surface area contributed by atoms with Crippen LogP contribution in [0.1, 0.15) is 46.6 Å². The highest BCUT2D eigenvalue weighted by atomic mass is 16.6. The summed E-state index contributed by atoms with van der Waals surface area (Å²) in [6.45, 7) is 10.4. The molecule has 1 N–H and O–H groups in total. The highest BCUT2D eigenvalue weighted by Gasteiger charge is 2.20. The summed E-state index contributed by atoms with van der Waals surface area (Å²) in [4.78, 5) is 13.6. The summed E-state index contributed by atoms with van der Waals surface area (Å²) in [6.07, 6.45) is 0.747. The number of amides is 1. The highest BCUT2D eigenvalue weighted by molar-refractivity contribution is 5.68. The molecule has 1 amide bonds. The van der Waals surface area contributed by atoms with Crippen molar-refractivity contribution in [3.05, 3.63) is 29.8 Å². The highest BCUT2D eigenvalue weighted by Crippen LogP contribution is 2.19. The van der Waals surface area contributed by atoms with Gasteiger partial charge in [0.1, 0.15) is 5.60 Å². The zero-order chi connectivity index (χ0) is 16.0. The van der Waals surface area contributed by atoms with E-state index in [0.29, 0.717) is 12.6 Å². The summed E-state index contributed by atoms with van der Waals surface area (Å²) >= 11 is 0. The van der Waals surface area contributed by atoms with E-state index >= 15 is 0 Å². The number of rotatable bonds is 5. The third kappa shape index (κ3) is 6.06. The Morgan fingerprint density at radius 3 is 2.52 bits per heavy atom. The second-order valence-electron chi connectivity index (χ2n) is 6.45. The van der Waals surface area contributed by atoms with Crippen molar-refractivity contribution < 1.29 is 9.53 Å². The maximum Gasteiger partial charge on any atom is 0.410 e. The zero-order valence-corrected chi connectivity index (χ0v) is 14.1. The fourth-order valence-electron chi connectivity index (χ4n) is 1.83. The first kappa shape index (κ1) is 17.3. The van der Waals surface area contributed by atoms with Crippen LogP contribution in [0.25, 0.3) is 0 Å². The number of carbonyl (C=O) groups excluding carboxylic acids is 1. The number of benzene rings is 1. The van der Waals surface area contributed by atoms with E-state index in [1.54, 1.807) is 11.9 Å². The summed E-state index contributed by atoms with van der Waals surface area (Å²) in [5.41, 5.74) is 1.69. The van der Waals surface area contributed by atoms with E-state index in [1.807, 2.05) is 45.0 Å². The largest absolute Gasteiger partial charge is 0.444 e. The Morgan fingerprint density at radius 2 is 1.95 bits per heavy atom. The molecule has 21 heavy (non-hydrogen) atoms. The number of hydrogen-bond acceptors (Lipinski definition) is 3. The first-order valence-electron chi connectivity index (χ1n) is 7.51. The van der Waals surface area contributed by atoms with Gasteiger partial charge in [-0.2, -0.15) is 0 Å². The van der Waals surface area contributed by atoms with Crippen molar-refractivity contribution in [1.82, 2.24) is 4.90 Å². The molecule has 118 valence electrons. The summed E-state index contributed by atoms with van der Waals surface area (Å²) in [5, 5.41) is 3.47. The number of nitrogens with one attached hydrogen (secondary N) is 1. The van der Waals surface area contributed by atoms with Crippen LogP contribution in [0, 0.1) is 0 Å². The molecule has 4 nitrogen and oxygen atoms in total. The lowest BCUT2D eigenvalue weighted by molar-refractivity contribution is 0.0285. The second-order valence-corrected chi connectivity index (χ2v) is 6.45. The molecule has 1 rings (SSSR count). The molecule has 0 aromatic heterocycles. The maximum absolute atomic E-state index is 12.0. The van der Waals surface area contributed by atoms with Gasteiger partial charge in [0, 0.05) is 18.8 Å². The molecule has 4 heteroatoms. The molecule has 0 fully saturated rings. The van der Waals surface area contributed by atoms with E-state index in [-0.39, 0.29) is 6.09 Å². The van der Waals surface area contributed by atoms with Crippen LogP contribution in [0.2, 0.25) is 0 Å². The smallest absolute Gasteiger partial charge is 0.410 e. The van der Waals surface area contributed by atoms with Crippen molar-refractivity contribution in [1.29, 1.82) is 0 Å². The van der Waals surface area contributed by atoms with E-state index < -0.39 is 5.60 Å². The molecule has 0 saturated carbocycles. The number of hydrogen-bond donors (Lipinski definition) is 1. The SMILES string of the molecule is CCC(C)Nc1ccccc1CN(C)C(=O)OC(C)(C)C. The molecular formula is C17H28N2O2. The Bertz CT molecular complexity index is 466. The third-order valence-electron chi connectivity index (χ3n) is 3.14. The summed E-state index contributed by atoms with van der Waals surface area (Å²) in [7, 11) is 1.76. The fourth-order valence-corrected chi connectivity index (χ4v) is 1.83. The van der Waals surface area contributed by atoms with Crippen molar-refractivity contribution in [2.24, 2.45) is 0 Å². The third-order valence-corrected chi connectivity index (χ3v) is 3.14. The van der Waals surface area contributed by atoms with Crippen LogP contribution in [0.5, 0.6) is 0 Å². The average molecular weight is 292 g/mol. The van der Waals surface area contributed by atoms with Gasteiger partial charge in [0.15, 0.2) is 0 Å². The van der Waals surface area contributed by atoms with Crippen molar-refractivity contribution in [2.45, 2.75) is 59.2 Å².